The Balaban J connectivity index is 2.55. The maximum absolute atomic E-state index is 12.4. The van der Waals surface area contributed by atoms with Crippen LogP contribution in [-0.2, 0) is 0 Å². The topological polar surface area (TPSA) is 96.7 Å². The first-order valence-electron chi connectivity index (χ1n) is 8.74. The van der Waals surface area contributed by atoms with Crippen molar-refractivity contribution in [2.75, 3.05) is 41.3 Å². The molecule has 2 rings (SSSR count). The fraction of sp³-hybridized carbons (Fsp3) is 0.421. The summed E-state index contributed by atoms with van der Waals surface area (Å²) in [7, 11) is 7.69. The molecule has 1 heterocycles. The Morgan fingerprint density at radius 1 is 1.22 bits per heavy atom. The lowest BCUT2D eigenvalue weighted by atomic mass is 10.1. The van der Waals surface area contributed by atoms with E-state index in [0.717, 1.165) is 15.6 Å². The normalized spacial score (nSPS) is 12.3. The average molecular weight is 375 g/mol. The Hall–Kier alpha value is -2.87. The molecule has 1 aromatic carbocycles. The van der Waals surface area contributed by atoms with Gasteiger partial charge in [0.1, 0.15) is 11.3 Å². The van der Waals surface area contributed by atoms with Crippen LogP contribution in [0.2, 0.25) is 0 Å². The molecule has 1 aromatic heterocycles. The van der Waals surface area contributed by atoms with Crippen LogP contribution in [0.3, 0.4) is 0 Å². The van der Waals surface area contributed by atoms with Gasteiger partial charge in [-0.1, -0.05) is 6.92 Å². The number of methoxy groups -OCH3 is 1. The van der Waals surface area contributed by atoms with Crippen molar-refractivity contribution in [3.8, 4) is 17.3 Å². The Morgan fingerprint density at radius 3 is 2.37 bits per heavy atom. The Kier molecular flexibility index (Phi) is 6.22. The monoisotopic (exact) mass is 375 g/mol. The average Bonchev–Trinajstić information content (AvgIpc) is 2.59. The quantitative estimate of drug-likeness (QED) is 0.560. The maximum atomic E-state index is 12.4. The van der Waals surface area contributed by atoms with Crippen molar-refractivity contribution in [2.24, 2.45) is 4.99 Å². The molecule has 0 bridgehead atoms. The van der Waals surface area contributed by atoms with Crippen LogP contribution in [0.5, 0.6) is 11.6 Å². The van der Waals surface area contributed by atoms with Crippen molar-refractivity contribution >= 4 is 5.71 Å². The van der Waals surface area contributed by atoms with Gasteiger partial charge in [0.25, 0.3) is 5.56 Å². The van der Waals surface area contributed by atoms with Crippen LogP contribution < -0.4 is 16.0 Å². The lowest BCUT2D eigenvalue weighted by molar-refractivity contribution is -0.868. The molecule has 8 nitrogen and oxygen atoms in total. The van der Waals surface area contributed by atoms with Gasteiger partial charge in [0, 0.05) is 0 Å². The molecular weight excluding hydrogens is 348 g/mol. The summed E-state index contributed by atoms with van der Waals surface area (Å²) in [5.41, 5.74) is -0.460. The molecule has 0 aliphatic heterocycles. The molecule has 27 heavy (non-hydrogen) atoms. The number of ether oxygens (including phenoxy) is 1. The molecule has 2 N–H and O–H groups in total. The number of hydrogen-bond donors (Lipinski definition) is 2. The first kappa shape index (κ1) is 20.4. The number of nitrogens with one attached hydrogen (secondary N) is 1. The molecule has 146 valence electrons. The number of aromatic hydroxyl groups is 1. The van der Waals surface area contributed by atoms with E-state index in [0.29, 0.717) is 30.1 Å². The van der Waals surface area contributed by atoms with E-state index in [9.17, 15) is 14.7 Å². The number of aromatic nitrogens is 2. The maximum Gasteiger partial charge on any atom is 0.335 e. The molecule has 0 aliphatic carbocycles. The fourth-order valence-corrected chi connectivity index (χ4v) is 2.61. The lowest BCUT2D eigenvalue weighted by Crippen LogP contribution is -2.37. The van der Waals surface area contributed by atoms with Crippen LogP contribution in [0.4, 0.5) is 0 Å². The van der Waals surface area contributed by atoms with Crippen molar-refractivity contribution in [2.45, 2.75) is 13.3 Å². The van der Waals surface area contributed by atoms with E-state index in [4.69, 9.17) is 4.74 Å². The number of aliphatic imine (C=N–C) groups is 1. The van der Waals surface area contributed by atoms with Crippen LogP contribution >= 0.6 is 0 Å². The molecule has 8 heteroatoms. The highest BCUT2D eigenvalue weighted by Crippen LogP contribution is 2.20. The van der Waals surface area contributed by atoms with E-state index >= 15 is 0 Å². The van der Waals surface area contributed by atoms with Gasteiger partial charge in [-0.25, -0.2) is 9.36 Å². The first-order valence-corrected chi connectivity index (χ1v) is 8.74. The molecule has 0 saturated heterocycles. The van der Waals surface area contributed by atoms with Gasteiger partial charge in [0.2, 0.25) is 5.88 Å². The summed E-state index contributed by atoms with van der Waals surface area (Å²) in [6.45, 7) is 3.14. The summed E-state index contributed by atoms with van der Waals surface area (Å²) >= 11 is 0. The summed E-state index contributed by atoms with van der Waals surface area (Å²) in [4.78, 5) is 31.4. The zero-order chi connectivity index (χ0) is 20.2. The Labute approximate surface area is 158 Å². The number of aromatic amines is 1. The third kappa shape index (κ3) is 4.85. The highest BCUT2D eigenvalue weighted by atomic mass is 16.5. The molecule has 0 unspecified atom stereocenters. The van der Waals surface area contributed by atoms with E-state index in [1.807, 2.05) is 6.92 Å². The van der Waals surface area contributed by atoms with E-state index in [2.05, 4.69) is 31.1 Å². The van der Waals surface area contributed by atoms with Gasteiger partial charge in [-0.05, 0) is 30.7 Å². The summed E-state index contributed by atoms with van der Waals surface area (Å²) < 4.78 is 6.89. The van der Waals surface area contributed by atoms with Crippen molar-refractivity contribution in [3.05, 3.63) is 50.7 Å². The second kappa shape index (κ2) is 8.22. The number of likely N-dealkylation sites (N-methyl/N-ethyl adjacent to an activating group) is 1. The first-order chi connectivity index (χ1) is 12.7. The molecule has 0 aliphatic rings. The van der Waals surface area contributed by atoms with Crippen LogP contribution in [0, 0.1) is 0 Å². The van der Waals surface area contributed by atoms with Crippen LogP contribution in [0.1, 0.15) is 18.9 Å². The highest BCUT2D eigenvalue weighted by molar-refractivity contribution is 6.02. The zero-order valence-corrected chi connectivity index (χ0v) is 16.4. The summed E-state index contributed by atoms with van der Waals surface area (Å²) in [6.07, 6.45) is 0.453. The molecule has 2 aromatic rings. The minimum atomic E-state index is -0.715. The minimum Gasteiger partial charge on any atom is -0.497 e. The number of quaternary nitrogens is 1. The van der Waals surface area contributed by atoms with Gasteiger partial charge in [0.05, 0.1) is 52.7 Å². The third-order valence-electron chi connectivity index (χ3n) is 4.11. The lowest BCUT2D eigenvalue weighted by Gasteiger charge is -2.22. The van der Waals surface area contributed by atoms with E-state index in [-0.39, 0.29) is 5.56 Å². The fourth-order valence-electron chi connectivity index (χ4n) is 2.61. The number of benzene rings is 1. The summed E-state index contributed by atoms with van der Waals surface area (Å²) in [6, 6.07) is 6.59. The minimum absolute atomic E-state index is 0.0225. The summed E-state index contributed by atoms with van der Waals surface area (Å²) in [5.74, 6) is 0.201. The van der Waals surface area contributed by atoms with Gasteiger partial charge >= 0.3 is 5.69 Å². The predicted molar refractivity (Wildman–Crippen MR) is 105 cm³/mol. The number of nitrogens with zero attached hydrogens (tertiary/aromatic N) is 3. The molecule has 0 saturated carbocycles. The predicted octanol–water partition coefficient (Wildman–Crippen LogP) is 1.15. The molecule has 0 radical (unpaired) electrons. The molecule has 0 atom stereocenters. The second-order valence-electron chi connectivity index (χ2n) is 7.19. The van der Waals surface area contributed by atoms with Gasteiger partial charge in [-0.2, -0.15) is 0 Å². The third-order valence-corrected chi connectivity index (χ3v) is 4.11. The van der Waals surface area contributed by atoms with Crippen molar-refractivity contribution in [1.82, 2.24) is 9.55 Å². The van der Waals surface area contributed by atoms with Gasteiger partial charge in [0.15, 0.2) is 0 Å². The van der Waals surface area contributed by atoms with Crippen molar-refractivity contribution in [3.63, 3.8) is 0 Å². The SMILES string of the molecule is CCC(=NCC[N+](C)(C)C)c1c(O)n(-c2ccc(OC)cc2)c(=O)[nH]c1=O. The standard InChI is InChI=1S/C19H26N4O4/c1-6-15(20-11-12-23(2,3)4)16-17(24)21-19(26)22(18(16)25)13-7-9-14(27-5)10-8-13/h7-10H,6,11-12H2,1-5H3,(H-,20,21,24,25,26)/p+1. The van der Waals surface area contributed by atoms with Crippen LogP contribution in [0.15, 0.2) is 38.8 Å². The van der Waals surface area contributed by atoms with E-state index in [1.165, 1.54) is 7.11 Å². The molecule has 0 amide bonds. The molecule has 0 spiro atoms. The van der Waals surface area contributed by atoms with E-state index < -0.39 is 17.1 Å². The zero-order valence-electron chi connectivity index (χ0n) is 16.4. The number of hydrogen-bond acceptors (Lipinski definition) is 5. The van der Waals surface area contributed by atoms with Gasteiger partial charge in [-0.15, -0.1) is 0 Å². The smallest absolute Gasteiger partial charge is 0.335 e. The van der Waals surface area contributed by atoms with Crippen LogP contribution in [0.25, 0.3) is 5.69 Å². The molecule has 0 fully saturated rings. The largest absolute Gasteiger partial charge is 0.497 e. The Bertz CT molecular complexity index is 934. The number of H-pyrrole nitrogens is 1. The van der Waals surface area contributed by atoms with E-state index in [1.54, 1.807) is 24.3 Å². The van der Waals surface area contributed by atoms with Crippen molar-refractivity contribution in [1.29, 1.82) is 0 Å². The van der Waals surface area contributed by atoms with Crippen molar-refractivity contribution < 1.29 is 14.3 Å². The second-order valence-corrected chi connectivity index (χ2v) is 7.19. The number of rotatable bonds is 7. The van der Waals surface area contributed by atoms with Crippen LogP contribution in [-0.4, -0.2) is 66.2 Å². The highest BCUT2D eigenvalue weighted by Gasteiger charge is 2.19. The summed E-state index contributed by atoms with van der Waals surface area (Å²) in [5, 5.41) is 10.7. The van der Waals surface area contributed by atoms with Gasteiger partial charge < -0.3 is 14.3 Å². The van der Waals surface area contributed by atoms with Gasteiger partial charge in [-0.3, -0.25) is 14.8 Å². The Morgan fingerprint density at radius 2 is 1.85 bits per heavy atom. The molecular formula is C19H27N4O4+.